The number of pyridine rings is 1. The van der Waals surface area contributed by atoms with Crippen LogP contribution in [0.1, 0.15) is 86.0 Å². The van der Waals surface area contributed by atoms with Gasteiger partial charge in [0.2, 0.25) is 0 Å². The summed E-state index contributed by atoms with van der Waals surface area (Å²) in [5.41, 5.74) is 7.94. The molecule has 4 fully saturated rings. The molecule has 0 spiro atoms. The van der Waals surface area contributed by atoms with Crippen LogP contribution >= 0.6 is 0 Å². The van der Waals surface area contributed by atoms with Crippen molar-refractivity contribution in [3.63, 3.8) is 0 Å². The van der Waals surface area contributed by atoms with E-state index in [0.717, 1.165) is 48.8 Å². The molecule has 2 N–H and O–H groups in total. The summed E-state index contributed by atoms with van der Waals surface area (Å²) in [4.78, 5) is 9.90. The van der Waals surface area contributed by atoms with E-state index in [2.05, 4.69) is 37.8 Å². The van der Waals surface area contributed by atoms with Gasteiger partial charge in [0, 0.05) is 61.8 Å². The van der Waals surface area contributed by atoms with Crippen molar-refractivity contribution in [1.29, 1.82) is 5.41 Å². The lowest BCUT2D eigenvalue weighted by atomic mass is 9.56. The largest absolute Gasteiger partial charge is 0.373 e. The summed E-state index contributed by atoms with van der Waals surface area (Å²) in [6.45, 7) is 9.81. The first-order valence-corrected chi connectivity index (χ1v) is 14.2. The standard InChI is InChI=1S/C29H43N7/c1-21-17-26(23(18-30)27(31-3)32-21)34-16-7-25-24(19-34)22(2)33-36(25)20-28-8-11-29(12-9-28,13-10-28)35-14-5-4-6-15-35/h17-18,30H,4-16,19-20H2,1-3H3,(H,31,32). The van der Waals surface area contributed by atoms with E-state index in [0.29, 0.717) is 11.0 Å². The van der Waals surface area contributed by atoms with Crippen molar-refractivity contribution in [2.75, 3.05) is 36.9 Å². The first kappa shape index (κ1) is 24.0. The maximum absolute atomic E-state index is 8.03. The van der Waals surface area contributed by atoms with Gasteiger partial charge in [0.1, 0.15) is 5.82 Å². The number of anilines is 2. The number of fused-ring (bicyclic) bond motifs is 4. The first-order chi connectivity index (χ1) is 17.5. The summed E-state index contributed by atoms with van der Waals surface area (Å²) in [6.07, 6.45) is 15.0. The molecule has 0 aromatic carbocycles. The average molecular weight is 490 g/mol. The monoisotopic (exact) mass is 489 g/mol. The Morgan fingerprint density at radius 2 is 1.75 bits per heavy atom. The molecule has 2 bridgehead atoms. The summed E-state index contributed by atoms with van der Waals surface area (Å²) in [5.74, 6) is 0.785. The zero-order valence-electron chi connectivity index (χ0n) is 22.5. The Bertz CT molecular complexity index is 1120. The van der Waals surface area contributed by atoms with Crippen LogP contribution in [-0.2, 0) is 19.5 Å². The number of aromatic nitrogens is 3. The van der Waals surface area contributed by atoms with E-state index in [9.17, 15) is 0 Å². The molecule has 1 saturated heterocycles. The van der Waals surface area contributed by atoms with Gasteiger partial charge in [-0.15, -0.1) is 0 Å². The van der Waals surface area contributed by atoms with Crippen LogP contribution in [0.3, 0.4) is 0 Å². The third kappa shape index (κ3) is 3.94. The minimum absolute atomic E-state index is 0.443. The molecular formula is C29H43N7. The van der Waals surface area contributed by atoms with Gasteiger partial charge in [-0.05, 0) is 89.8 Å². The fourth-order valence-corrected chi connectivity index (χ4v) is 7.90. The Balaban J connectivity index is 1.20. The lowest BCUT2D eigenvalue weighted by Crippen LogP contribution is -2.58. The number of likely N-dealkylation sites (tertiary alicyclic amines) is 1. The Hall–Kier alpha value is -2.41. The van der Waals surface area contributed by atoms with Crippen molar-refractivity contribution in [3.05, 3.63) is 34.3 Å². The Morgan fingerprint density at radius 3 is 2.42 bits per heavy atom. The van der Waals surface area contributed by atoms with Crippen molar-refractivity contribution in [2.45, 2.75) is 96.7 Å². The van der Waals surface area contributed by atoms with Gasteiger partial charge in [-0.1, -0.05) is 6.42 Å². The highest BCUT2D eigenvalue weighted by Gasteiger charge is 2.51. The Morgan fingerprint density at radius 1 is 1.03 bits per heavy atom. The molecule has 7 nitrogen and oxygen atoms in total. The number of nitrogens with one attached hydrogen (secondary N) is 2. The molecule has 36 heavy (non-hydrogen) atoms. The van der Waals surface area contributed by atoms with Crippen molar-refractivity contribution >= 4 is 17.7 Å². The van der Waals surface area contributed by atoms with Gasteiger partial charge < -0.3 is 15.6 Å². The minimum Gasteiger partial charge on any atom is -0.373 e. The van der Waals surface area contributed by atoms with E-state index in [1.54, 1.807) is 0 Å². The fraction of sp³-hybridized carbons (Fsp3) is 0.690. The van der Waals surface area contributed by atoms with Crippen molar-refractivity contribution < 1.29 is 0 Å². The number of hydrogen-bond donors (Lipinski definition) is 2. The second-order valence-electron chi connectivity index (χ2n) is 12.1. The van der Waals surface area contributed by atoms with E-state index >= 15 is 0 Å². The molecular weight excluding hydrogens is 446 g/mol. The SMILES string of the molecule is CNc1nc(C)cc(N2CCc3c(c(C)nn3CC34CCC(N5CCCCC5)(CC3)CC4)C2)c1C=N. The normalized spacial score (nSPS) is 28.2. The van der Waals surface area contributed by atoms with Crippen LogP contribution in [0.25, 0.3) is 0 Å². The predicted molar refractivity (Wildman–Crippen MR) is 146 cm³/mol. The van der Waals surface area contributed by atoms with Crippen LogP contribution in [0.5, 0.6) is 0 Å². The third-order valence-electron chi connectivity index (χ3n) is 10.1. The van der Waals surface area contributed by atoms with Gasteiger partial charge in [0.05, 0.1) is 16.9 Å². The second-order valence-corrected chi connectivity index (χ2v) is 12.1. The molecule has 3 aliphatic carbocycles. The Labute approximate surface area is 216 Å². The molecule has 3 saturated carbocycles. The summed E-state index contributed by atoms with van der Waals surface area (Å²) in [7, 11) is 1.88. The van der Waals surface area contributed by atoms with E-state index in [1.807, 2.05) is 14.0 Å². The molecule has 5 aliphatic rings. The van der Waals surface area contributed by atoms with Gasteiger partial charge in [-0.25, -0.2) is 4.98 Å². The smallest absolute Gasteiger partial charge is 0.136 e. The number of rotatable bonds is 6. The van der Waals surface area contributed by atoms with Crippen LogP contribution < -0.4 is 10.2 Å². The minimum atomic E-state index is 0.443. The Kier molecular flexibility index (Phi) is 6.09. The quantitative estimate of drug-likeness (QED) is 0.554. The molecule has 7 heteroatoms. The lowest BCUT2D eigenvalue weighted by Gasteiger charge is -2.58. The third-order valence-corrected chi connectivity index (χ3v) is 10.1. The van der Waals surface area contributed by atoms with E-state index in [4.69, 9.17) is 10.5 Å². The second kappa shape index (κ2) is 9.16. The molecule has 194 valence electrons. The molecule has 2 aromatic heterocycles. The predicted octanol–water partition coefficient (Wildman–Crippen LogP) is 5.08. The summed E-state index contributed by atoms with van der Waals surface area (Å²) in [5, 5.41) is 16.3. The van der Waals surface area contributed by atoms with Gasteiger partial charge in [-0.3, -0.25) is 9.58 Å². The highest BCUT2D eigenvalue weighted by atomic mass is 15.3. The molecule has 2 aromatic rings. The number of nitrogens with zero attached hydrogens (tertiary/aromatic N) is 5. The molecule has 0 unspecified atom stereocenters. The molecule has 4 heterocycles. The highest BCUT2D eigenvalue weighted by molar-refractivity contribution is 5.92. The zero-order chi connectivity index (χ0) is 24.9. The number of piperidine rings is 1. The van der Waals surface area contributed by atoms with Crippen LogP contribution in [0, 0.1) is 24.7 Å². The molecule has 7 rings (SSSR count). The average Bonchev–Trinajstić information content (AvgIpc) is 3.23. The molecule has 0 radical (unpaired) electrons. The molecule has 2 aliphatic heterocycles. The summed E-state index contributed by atoms with van der Waals surface area (Å²) >= 11 is 0. The van der Waals surface area contributed by atoms with E-state index < -0.39 is 0 Å². The number of aryl methyl sites for hydroxylation is 2. The van der Waals surface area contributed by atoms with Crippen LogP contribution in [0.4, 0.5) is 11.5 Å². The lowest BCUT2D eigenvalue weighted by molar-refractivity contribution is -0.0690. The number of hydrogen-bond acceptors (Lipinski definition) is 6. The maximum Gasteiger partial charge on any atom is 0.136 e. The van der Waals surface area contributed by atoms with Crippen LogP contribution in [-0.4, -0.2) is 58.1 Å². The van der Waals surface area contributed by atoms with Crippen molar-refractivity contribution in [2.24, 2.45) is 5.41 Å². The van der Waals surface area contributed by atoms with Crippen LogP contribution in [0.2, 0.25) is 0 Å². The fourth-order valence-electron chi connectivity index (χ4n) is 7.90. The van der Waals surface area contributed by atoms with E-state index in [-0.39, 0.29) is 0 Å². The molecule has 0 amide bonds. The van der Waals surface area contributed by atoms with Gasteiger partial charge in [-0.2, -0.15) is 5.10 Å². The zero-order valence-corrected chi connectivity index (χ0v) is 22.5. The molecule has 0 atom stereocenters. The van der Waals surface area contributed by atoms with Gasteiger partial charge in [0.15, 0.2) is 0 Å². The van der Waals surface area contributed by atoms with Crippen LogP contribution in [0.15, 0.2) is 6.07 Å². The topological polar surface area (TPSA) is 73.1 Å². The summed E-state index contributed by atoms with van der Waals surface area (Å²) < 4.78 is 2.41. The van der Waals surface area contributed by atoms with Gasteiger partial charge in [0.25, 0.3) is 0 Å². The van der Waals surface area contributed by atoms with Gasteiger partial charge >= 0.3 is 0 Å². The highest BCUT2D eigenvalue weighted by Crippen LogP contribution is 2.56. The maximum atomic E-state index is 8.03. The van der Waals surface area contributed by atoms with E-state index in [1.165, 1.54) is 94.0 Å². The van der Waals surface area contributed by atoms with Crippen molar-refractivity contribution in [1.82, 2.24) is 19.7 Å². The first-order valence-electron chi connectivity index (χ1n) is 14.2. The summed E-state index contributed by atoms with van der Waals surface area (Å²) in [6, 6.07) is 2.13. The van der Waals surface area contributed by atoms with Crippen molar-refractivity contribution in [3.8, 4) is 0 Å².